The average Bonchev–Trinajstić information content (AvgIpc) is 3.12. The molecule has 0 bridgehead atoms. The van der Waals surface area contributed by atoms with Crippen LogP contribution in [-0.2, 0) is 14.4 Å². The van der Waals surface area contributed by atoms with Crippen LogP contribution in [0.3, 0.4) is 0 Å². The maximum absolute atomic E-state index is 12.5. The van der Waals surface area contributed by atoms with Crippen LogP contribution < -0.4 is 16.1 Å². The molecule has 1 saturated carbocycles. The Hall–Kier alpha value is -1.57. The van der Waals surface area contributed by atoms with Crippen LogP contribution >= 0.6 is 11.8 Å². The van der Waals surface area contributed by atoms with Crippen LogP contribution in [0, 0.1) is 11.8 Å². The predicted octanol–water partition coefficient (Wildman–Crippen LogP) is 1.39. The molecule has 0 aromatic rings. The Morgan fingerprint density at radius 1 is 1.24 bits per heavy atom. The summed E-state index contributed by atoms with van der Waals surface area (Å²) in [6, 6.07) is -0.793. The van der Waals surface area contributed by atoms with Crippen molar-refractivity contribution in [2.45, 2.75) is 58.4 Å². The molecule has 140 valence electrons. The summed E-state index contributed by atoms with van der Waals surface area (Å²) in [5.41, 5.74) is 2.30. The maximum atomic E-state index is 12.5. The van der Waals surface area contributed by atoms with Crippen molar-refractivity contribution in [1.82, 2.24) is 16.1 Å². The van der Waals surface area contributed by atoms with Crippen molar-refractivity contribution in [3.63, 3.8) is 0 Å². The van der Waals surface area contributed by atoms with Crippen molar-refractivity contribution in [2.24, 2.45) is 16.9 Å². The highest BCUT2D eigenvalue weighted by Crippen LogP contribution is 2.24. The fourth-order valence-corrected chi connectivity index (χ4v) is 3.81. The molecule has 1 saturated heterocycles. The van der Waals surface area contributed by atoms with E-state index in [1.54, 1.807) is 0 Å². The number of carbonyl (C=O) groups is 3. The highest BCUT2D eigenvalue weighted by atomic mass is 32.2. The fourth-order valence-electron chi connectivity index (χ4n) is 3.10. The van der Waals surface area contributed by atoms with Gasteiger partial charge in [-0.1, -0.05) is 44.9 Å². The molecule has 0 aromatic heterocycles. The highest BCUT2D eigenvalue weighted by Gasteiger charge is 2.30. The molecule has 1 unspecified atom stereocenters. The van der Waals surface area contributed by atoms with E-state index in [0.717, 1.165) is 44.4 Å². The van der Waals surface area contributed by atoms with E-state index in [1.165, 1.54) is 11.8 Å². The van der Waals surface area contributed by atoms with Gasteiger partial charge in [-0.25, -0.2) is 5.43 Å². The Labute approximate surface area is 153 Å². The minimum Gasteiger partial charge on any atom is -0.362 e. The lowest BCUT2D eigenvalue weighted by Gasteiger charge is -2.24. The number of nitrogens with one attached hydrogen (secondary N) is 3. The number of carbonyl (C=O) groups excluding carboxylic acids is 3. The number of ketones is 1. The van der Waals surface area contributed by atoms with Crippen LogP contribution in [-0.4, -0.2) is 41.1 Å². The van der Waals surface area contributed by atoms with Crippen molar-refractivity contribution in [3.8, 4) is 0 Å². The number of nitrogens with zero attached hydrogens (tertiary/aromatic N) is 1. The Kier molecular flexibility index (Phi) is 7.74. The third-order valence-corrected chi connectivity index (χ3v) is 5.33. The molecule has 1 heterocycles. The Bertz CT molecular complexity index is 522. The molecule has 8 heteroatoms. The summed E-state index contributed by atoms with van der Waals surface area (Å²) in [6.07, 6.45) is 5.41. The molecule has 1 aliphatic carbocycles. The van der Waals surface area contributed by atoms with Gasteiger partial charge < -0.3 is 10.6 Å². The molecule has 0 radical (unpaired) electrons. The summed E-state index contributed by atoms with van der Waals surface area (Å²) < 4.78 is 0. The first-order valence-electron chi connectivity index (χ1n) is 9.06. The molecule has 2 fully saturated rings. The van der Waals surface area contributed by atoms with Gasteiger partial charge in [0.2, 0.25) is 11.7 Å². The molecule has 0 spiro atoms. The molecule has 1 aliphatic heterocycles. The van der Waals surface area contributed by atoms with E-state index in [9.17, 15) is 14.4 Å². The van der Waals surface area contributed by atoms with Crippen molar-refractivity contribution in [2.75, 3.05) is 12.3 Å². The quantitative estimate of drug-likeness (QED) is 0.466. The van der Waals surface area contributed by atoms with Crippen LogP contribution in [0.4, 0.5) is 0 Å². The minimum atomic E-state index is -0.793. The molecule has 2 rings (SSSR count). The number of rotatable bonds is 7. The lowest BCUT2D eigenvalue weighted by Crippen LogP contribution is -2.49. The van der Waals surface area contributed by atoms with E-state index in [2.05, 4.69) is 21.2 Å². The largest absolute Gasteiger partial charge is 0.362 e. The molecule has 2 aliphatic rings. The first kappa shape index (κ1) is 19.8. The summed E-state index contributed by atoms with van der Waals surface area (Å²) in [7, 11) is 0. The van der Waals surface area contributed by atoms with Gasteiger partial charge in [0.15, 0.2) is 5.17 Å². The van der Waals surface area contributed by atoms with Crippen LogP contribution in [0.1, 0.15) is 52.4 Å². The zero-order chi connectivity index (χ0) is 18.2. The summed E-state index contributed by atoms with van der Waals surface area (Å²) >= 11 is 1.49. The van der Waals surface area contributed by atoms with Gasteiger partial charge in [0.05, 0.1) is 6.04 Å². The second-order valence-corrected chi connectivity index (χ2v) is 8.11. The van der Waals surface area contributed by atoms with Gasteiger partial charge in [-0.2, -0.15) is 0 Å². The third-order valence-electron chi connectivity index (χ3n) is 4.42. The summed E-state index contributed by atoms with van der Waals surface area (Å²) in [5.74, 6) is -0.492. The molecular weight excluding hydrogens is 340 g/mol. The topological polar surface area (TPSA) is 99.7 Å². The van der Waals surface area contributed by atoms with E-state index < -0.39 is 17.7 Å². The van der Waals surface area contributed by atoms with E-state index in [4.69, 9.17) is 0 Å². The van der Waals surface area contributed by atoms with Crippen molar-refractivity contribution in [1.29, 1.82) is 0 Å². The average molecular weight is 369 g/mol. The van der Waals surface area contributed by atoms with E-state index >= 15 is 0 Å². The van der Waals surface area contributed by atoms with Crippen molar-refractivity contribution in [3.05, 3.63) is 0 Å². The predicted molar refractivity (Wildman–Crippen MR) is 99.0 cm³/mol. The van der Waals surface area contributed by atoms with Crippen LogP contribution in [0.5, 0.6) is 0 Å². The maximum Gasteiger partial charge on any atom is 0.309 e. The summed E-state index contributed by atoms with van der Waals surface area (Å²) in [6.45, 7) is 4.72. The number of hydrogen-bond acceptors (Lipinski definition) is 5. The van der Waals surface area contributed by atoms with Gasteiger partial charge in [0.25, 0.3) is 0 Å². The van der Waals surface area contributed by atoms with Gasteiger partial charge in [-0.3, -0.25) is 14.4 Å². The van der Waals surface area contributed by atoms with E-state index in [0.29, 0.717) is 11.6 Å². The number of Topliss-reactive ketones (excluding diaryl/α,β-unsaturated/α-hetero) is 1. The first-order valence-corrected chi connectivity index (χ1v) is 10.0. The van der Waals surface area contributed by atoms with Crippen LogP contribution in [0.2, 0.25) is 0 Å². The monoisotopic (exact) mass is 368 g/mol. The molecule has 7 nitrogen and oxygen atoms in total. The third kappa shape index (κ3) is 6.34. The number of amidine groups is 1. The summed E-state index contributed by atoms with van der Waals surface area (Å²) in [4.78, 5) is 37.1. The molecular formula is C17H28N4O3S. The second kappa shape index (κ2) is 9.79. The molecule has 2 amide bonds. The standard InChI is InChI=1S/C17H28N4O3S/c1-11(2)10-13(19-15(23)12-6-4-3-5-7-12)14(22)16(24)20-21-17-18-8-9-25-17/h11-13H,3-10H2,1-2H3,(H,18,21)(H,19,23)(H,20,24). The molecule has 3 N–H and O–H groups in total. The molecule has 1 atom stereocenters. The van der Waals surface area contributed by atoms with Gasteiger partial charge >= 0.3 is 5.91 Å². The number of amides is 2. The van der Waals surface area contributed by atoms with Gasteiger partial charge in [0.1, 0.15) is 0 Å². The van der Waals surface area contributed by atoms with Gasteiger partial charge in [-0.15, -0.1) is 5.10 Å². The van der Waals surface area contributed by atoms with Gasteiger partial charge in [0, 0.05) is 18.2 Å². The molecule has 0 aromatic carbocycles. The zero-order valence-corrected chi connectivity index (χ0v) is 15.8. The summed E-state index contributed by atoms with van der Waals surface area (Å²) in [5, 5.41) is 10.3. The smallest absolute Gasteiger partial charge is 0.309 e. The SMILES string of the molecule is CC(C)CC(NC(=O)C1CCCCC1)C(=O)C(=O)N/N=C1/NCCS1. The first-order chi connectivity index (χ1) is 12.0. The van der Waals surface area contributed by atoms with Crippen LogP contribution in [0.15, 0.2) is 5.10 Å². The zero-order valence-electron chi connectivity index (χ0n) is 15.0. The normalized spacial score (nSPS) is 21.0. The fraction of sp³-hybridized carbons (Fsp3) is 0.765. The molecule has 25 heavy (non-hydrogen) atoms. The highest BCUT2D eigenvalue weighted by molar-refractivity contribution is 8.14. The number of thioether (sulfide) groups is 1. The number of hydrogen-bond donors (Lipinski definition) is 3. The van der Waals surface area contributed by atoms with E-state index in [1.807, 2.05) is 13.8 Å². The van der Waals surface area contributed by atoms with Crippen molar-refractivity contribution >= 4 is 34.5 Å². The van der Waals surface area contributed by atoms with Gasteiger partial charge in [-0.05, 0) is 25.2 Å². The second-order valence-electron chi connectivity index (χ2n) is 7.02. The lowest BCUT2D eigenvalue weighted by atomic mass is 9.88. The lowest BCUT2D eigenvalue weighted by molar-refractivity contribution is -0.140. The Morgan fingerprint density at radius 2 is 1.96 bits per heavy atom. The van der Waals surface area contributed by atoms with E-state index in [-0.39, 0.29) is 17.7 Å². The Morgan fingerprint density at radius 3 is 2.56 bits per heavy atom. The van der Waals surface area contributed by atoms with Crippen molar-refractivity contribution < 1.29 is 14.4 Å². The number of hydrazone groups is 1. The minimum absolute atomic E-state index is 0.0430. The Balaban J connectivity index is 1.94. The van der Waals surface area contributed by atoms with Crippen LogP contribution in [0.25, 0.3) is 0 Å².